The Hall–Kier alpha value is -1.89. The standard InChI is InChI=1S/C20H29N3O3S/c1-15-12-16(2)14-23(13-15)19(24)10-4-3-7-11-21-20-17-8-5-6-9-18(17)27(25,26)22-20/h5-6,8-9,15-16H,3-4,7,10-14H2,1-2H3,(H,21,22). The second-order valence-corrected chi connectivity index (χ2v) is 9.54. The average Bonchev–Trinajstić information content (AvgIpc) is 2.88. The minimum Gasteiger partial charge on any atom is -0.342 e. The van der Waals surface area contributed by atoms with Gasteiger partial charge in [-0.15, -0.1) is 0 Å². The molecule has 0 radical (unpaired) electrons. The molecule has 27 heavy (non-hydrogen) atoms. The Bertz CT molecular complexity index is 810. The molecule has 1 amide bonds. The van der Waals surface area contributed by atoms with E-state index in [1.54, 1.807) is 18.2 Å². The lowest BCUT2D eigenvalue weighted by Gasteiger charge is -2.35. The number of amidine groups is 1. The van der Waals surface area contributed by atoms with Gasteiger partial charge in [0.05, 0.1) is 4.90 Å². The van der Waals surface area contributed by atoms with Crippen molar-refractivity contribution in [3.05, 3.63) is 29.8 Å². The summed E-state index contributed by atoms with van der Waals surface area (Å²) in [7, 11) is -3.47. The van der Waals surface area contributed by atoms with Gasteiger partial charge >= 0.3 is 0 Å². The number of rotatable bonds is 6. The highest BCUT2D eigenvalue weighted by atomic mass is 32.2. The molecule has 1 aromatic carbocycles. The molecule has 2 aliphatic heterocycles. The number of hydrogen-bond donors (Lipinski definition) is 1. The van der Waals surface area contributed by atoms with Gasteiger partial charge in [-0.05, 0) is 43.2 Å². The summed E-state index contributed by atoms with van der Waals surface area (Å²) in [6.45, 7) is 6.75. The van der Waals surface area contributed by atoms with Crippen molar-refractivity contribution >= 4 is 21.8 Å². The zero-order chi connectivity index (χ0) is 19.4. The maximum atomic E-state index is 12.4. The molecule has 0 aliphatic carbocycles. The Morgan fingerprint density at radius 2 is 1.85 bits per heavy atom. The molecular formula is C20H29N3O3S. The van der Waals surface area contributed by atoms with E-state index in [1.165, 1.54) is 6.42 Å². The molecule has 0 aromatic heterocycles. The summed E-state index contributed by atoms with van der Waals surface area (Å²) in [6, 6.07) is 6.88. The molecule has 3 rings (SSSR count). The number of aliphatic imine (C=N–C) groups is 1. The van der Waals surface area contributed by atoms with Crippen LogP contribution >= 0.6 is 0 Å². The van der Waals surface area contributed by atoms with Gasteiger partial charge in [-0.1, -0.05) is 32.4 Å². The predicted octanol–water partition coefficient (Wildman–Crippen LogP) is 2.79. The van der Waals surface area contributed by atoms with Gasteiger partial charge in [0.1, 0.15) is 5.84 Å². The second kappa shape index (κ2) is 8.42. The smallest absolute Gasteiger partial charge is 0.263 e. The number of hydrogen-bond acceptors (Lipinski definition) is 4. The molecule has 2 heterocycles. The first-order chi connectivity index (χ1) is 12.9. The molecule has 2 aliphatic rings. The van der Waals surface area contributed by atoms with Gasteiger partial charge in [0.25, 0.3) is 10.0 Å². The van der Waals surface area contributed by atoms with Crippen LogP contribution in [0.15, 0.2) is 34.2 Å². The maximum Gasteiger partial charge on any atom is 0.263 e. The summed E-state index contributed by atoms with van der Waals surface area (Å²) in [4.78, 5) is 19.1. The fraction of sp³-hybridized carbons (Fsp3) is 0.600. The van der Waals surface area contributed by atoms with Crippen LogP contribution in [0.3, 0.4) is 0 Å². The van der Waals surface area contributed by atoms with Gasteiger partial charge in [0, 0.05) is 31.6 Å². The van der Waals surface area contributed by atoms with Crippen LogP contribution in [-0.2, 0) is 14.8 Å². The number of carbonyl (C=O) groups is 1. The van der Waals surface area contributed by atoms with Crippen LogP contribution in [-0.4, -0.2) is 44.7 Å². The topological polar surface area (TPSA) is 78.8 Å². The van der Waals surface area contributed by atoms with Gasteiger partial charge in [-0.2, -0.15) is 0 Å². The van der Waals surface area contributed by atoms with E-state index in [0.29, 0.717) is 41.1 Å². The lowest BCUT2D eigenvalue weighted by atomic mass is 9.91. The number of nitrogens with zero attached hydrogens (tertiary/aromatic N) is 2. The molecule has 6 nitrogen and oxygen atoms in total. The molecule has 2 unspecified atom stereocenters. The summed E-state index contributed by atoms with van der Waals surface area (Å²) < 4.78 is 26.6. The van der Waals surface area contributed by atoms with Gasteiger partial charge in [-0.25, -0.2) is 8.42 Å². The Kier molecular flexibility index (Phi) is 6.19. The minimum atomic E-state index is -3.47. The molecule has 1 N–H and O–H groups in total. The van der Waals surface area contributed by atoms with Crippen molar-refractivity contribution < 1.29 is 13.2 Å². The molecule has 0 spiro atoms. The SMILES string of the molecule is CC1CC(C)CN(C(=O)CCCCCN=C2NS(=O)(=O)c3ccccc32)C1. The fourth-order valence-corrected chi connectivity index (χ4v) is 5.28. The van der Waals surface area contributed by atoms with Gasteiger partial charge < -0.3 is 4.90 Å². The molecule has 1 fully saturated rings. The average molecular weight is 392 g/mol. The molecule has 2 atom stereocenters. The lowest BCUT2D eigenvalue weighted by molar-refractivity contribution is -0.134. The van der Waals surface area contributed by atoms with E-state index in [1.807, 2.05) is 11.0 Å². The maximum absolute atomic E-state index is 12.4. The number of fused-ring (bicyclic) bond motifs is 1. The highest BCUT2D eigenvalue weighted by Crippen LogP contribution is 2.23. The summed E-state index contributed by atoms with van der Waals surface area (Å²) in [6.07, 6.45) is 4.40. The van der Waals surface area contributed by atoms with E-state index >= 15 is 0 Å². The summed E-state index contributed by atoms with van der Waals surface area (Å²) in [5.41, 5.74) is 0.640. The van der Waals surface area contributed by atoms with Crippen molar-refractivity contribution in [2.75, 3.05) is 19.6 Å². The number of nitrogens with one attached hydrogen (secondary N) is 1. The number of carbonyl (C=O) groups excluding carboxylic acids is 1. The van der Waals surface area contributed by atoms with Crippen LogP contribution in [0.5, 0.6) is 0 Å². The monoisotopic (exact) mass is 391 g/mol. The fourth-order valence-electron chi connectivity index (χ4n) is 4.03. The zero-order valence-electron chi connectivity index (χ0n) is 16.1. The van der Waals surface area contributed by atoms with E-state index in [9.17, 15) is 13.2 Å². The van der Waals surface area contributed by atoms with Crippen molar-refractivity contribution in [3.63, 3.8) is 0 Å². The second-order valence-electron chi connectivity index (χ2n) is 7.89. The predicted molar refractivity (Wildman–Crippen MR) is 106 cm³/mol. The van der Waals surface area contributed by atoms with E-state index in [0.717, 1.165) is 32.4 Å². The molecule has 1 aromatic rings. The number of unbranched alkanes of at least 4 members (excludes halogenated alkanes) is 2. The van der Waals surface area contributed by atoms with Crippen LogP contribution in [0.1, 0.15) is 51.5 Å². The first kappa shape index (κ1) is 19.9. The number of piperidine rings is 1. The third-order valence-corrected chi connectivity index (χ3v) is 6.60. The molecule has 7 heteroatoms. The van der Waals surface area contributed by atoms with Crippen LogP contribution < -0.4 is 4.72 Å². The van der Waals surface area contributed by atoms with Crippen LogP contribution in [0.4, 0.5) is 0 Å². The summed E-state index contributed by atoms with van der Waals surface area (Å²) in [5.74, 6) is 1.87. The quantitative estimate of drug-likeness (QED) is 0.758. The van der Waals surface area contributed by atoms with Crippen LogP contribution in [0.25, 0.3) is 0 Å². The van der Waals surface area contributed by atoms with Gasteiger partial charge in [0.2, 0.25) is 5.91 Å². The highest BCUT2D eigenvalue weighted by Gasteiger charge is 2.30. The Morgan fingerprint density at radius 3 is 2.59 bits per heavy atom. The van der Waals surface area contributed by atoms with Crippen LogP contribution in [0.2, 0.25) is 0 Å². The van der Waals surface area contributed by atoms with Crippen molar-refractivity contribution in [3.8, 4) is 0 Å². The van der Waals surface area contributed by atoms with E-state index in [-0.39, 0.29) is 5.91 Å². The third-order valence-electron chi connectivity index (χ3n) is 5.20. The normalized spacial score (nSPS) is 25.3. The van der Waals surface area contributed by atoms with E-state index in [4.69, 9.17) is 0 Å². The Balaban J connectivity index is 1.41. The minimum absolute atomic E-state index is 0.261. The molecular weight excluding hydrogens is 362 g/mol. The Labute approximate surface area is 162 Å². The highest BCUT2D eigenvalue weighted by molar-refractivity contribution is 7.90. The first-order valence-corrected chi connectivity index (χ1v) is 11.3. The first-order valence-electron chi connectivity index (χ1n) is 9.81. The molecule has 148 valence electrons. The van der Waals surface area contributed by atoms with Crippen molar-refractivity contribution in [1.82, 2.24) is 9.62 Å². The number of sulfonamides is 1. The van der Waals surface area contributed by atoms with Gasteiger partial charge in [-0.3, -0.25) is 14.5 Å². The zero-order valence-corrected chi connectivity index (χ0v) is 17.0. The number of amides is 1. The Morgan fingerprint density at radius 1 is 1.15 bits per heavy atom. The molecule has 0 bridgehead atoms. The van der Waals surface area contributed by atoms with Crippen LogP contribution in [0, 0.1) is 11.8 Å². The van der Waals surface area contributed by atoms with Crippen molar-refractivity contribution in [2.45, 2.75) is 50.8 Å². The molecule has 1 saturated heterocycles. The summed E-state index contributed by atoms with van der Waals surface area (Å²) >= 11 is 0. The van der Waals surface area contributed by atoms with Crippen molar-refractivity contribution in [1.29, 1.82) is 0 Å². The number of likely N-dealkylation sites (tertiary alicyclic amines) is 1. The largest absolute Gasteiger partial charge is 0.342 e. The van der Waals surface area contributed by atoms with Gasteiger partial charge in [0.15, 0.2) is 0 Å². The van der Waals surface area contributed by atoms with E-state index < -0.39 is 10.0 Å². The molecule has 0 saturated carbocycles. The summed E-state index contributed by atoms with van der Waals surface area (Å²) in [5, 5.41) is 0. The number of benzene rings is 1. The van der Waals surface area contributed by atoms with E-state index in [2.05, 4.69) is 23.6 Å². The lowest BCUT2D eigenvalue weighted by Crippen LogP contribution is -2.42. The third kappa shape index (κ3) is 4.89. The van der Waals surface area contributed by atoms with Crippen molar-refractivity contribution in [2.24, 2.45) is 16.8 Å².